The topological polar surface area (TPSA) is 0 Å². The second-order valence-corrected chi connectivity index (χ2v) is 0. The summed E-state index contributed by atoms with van der Waals surface area (Å²) in [5.74, 6) is 0. The second kappa shape index (κ2) is 66.2. The molecule has 10 heavy (non-hydrogen) atoms. The fraction of sp³-hybridized carbons (Fsp3) is 0. The van der Waals surface area contributed by atoms with Crippen molar-refractivity contribution in [2.45, 2.75) is 0 Å². The molecular formula is H6Br6IrK3. The van der Waals surface area contributed by atoms with Crippen molar-refractivity contribution in [3.63, 3.8) is 0 Å². The number of rotatable bonds is 0. The van der Waals surface area contributed by atoms with Crippen molar-refractivity contribution < 1.29 is 20.1 Å². The third kappa shape index (κ3) is 55.0. The molecule has 0 fully saturated rings. The van der Waals surface area contributed by atoms with Crippen LogP contribution in [0.25, 0.3) is 0 Å². The van der Waals surface area contributed by atoms with Gasteiger partial charge >= 0.3 is 0 Å². The van der Waals surface area contributed by atoms with Crippen LogP contribution in [0, 0.1) is 0 Å². The molecule has 60 valence electrons. The van der Waals surface area contributed by atoms with Gasteiger partial charge in [0.15, 0.2) is 0 Å². The first-order chi connectivity index (χ1) is 0. The Hall–Kier alpha value is 8.44. The molecule has 0 N–H and O–H groups in total. The monoisotopic (exact) mass is 789 g/mol. The van der Waals surface area contributed by atoms with Gasteiger partial charge in [-0.1, -0.05) is 0 Å². The van der Waals surface area contributed by atoms with Crippen molar-refractivity contribution in [2.75, 3.05) is 0 Å². The largest absolute Gasteiger partial charge is 0.114 e. The molecule has 0 amide bonds. The Morgan fingerprint density at radius 1 is 0.300 bits per heavy atom. The summed E-state index contributed by atoms with van der Waals surface area (Å²) in [6, 6.07) is 0. The van der Waals surface area contributed by atoms with Crippen molar-refractivity contribution >= 4 is 256 Å². The second-order valence-electron chi connectivity index (χ2n) is 0. The van der Waals surface area contributed by atoms with Gasteiger partial charge in [0, 0.05) is 174 Å². The van der Waals surface area contributed by atoms with Crippen molar-refractivity contribution in [3.8, 4) is 0 Å². The fourth-order valence-electron chi connectivity index (χ4n) is 0. The SMILES string of the molecule is Br.Br.Br.Br.Br.Br.[Ir].[K].[K].[K]. The molecule has 0 nitrogen and oxygen atoms in total. The Bertz CT molecular complexity index is 13.0. The molecule has 0 aliphatic rings. The van der Waals surface area contributed by atoms with Gasteiger partial charge in [0.05, 0.1) is 0 Å². The van der Waals surface area contributed by atoms with E-state index in [-0.39, 0.29) is 276 Å². The molecule has 0 aromatic rings. The van der Waals surface area contributed by atoms with Crippen LogP contribution in [0.3, 0.4) is 0 Å². The third-order valence-electron chi connectivity index (χ3n) is 0. The van der Waals surface area contributed by atoms with Crippen LogP contribution >= 0.6 is 102 Å². The molecule has 0 rings (SSSR count). The summed E-state index contributed by atoms with van der Waals surface area (Å²) in [5, 5.41) is 0. The zero-order chi connectivity index (χ0) is 0. The van der Waals surface area contributed by atoms with Gasteiger partial charge in [-0.05, 0) is 0 Å². The summed E-state index contributed by atoms with van der Waals surface area (Å²) in [6.07, 6.45) is 0. The Morgan fingerprint density at radius 3 is 0.300 bits per heavy atom. The molecule has 0 aromatic heterocycles. The summed E-state index contributed by atoms with van der Waals surface area (Å²) >= 11 is 0. The Balaban J connectivity index is 0. The van der Waals surface area contributed by atoms with E-state index >= 15 is 0 Å². The molecule has 0 atom stereocenters. The standard InChI is InChI=1S/6BrH.Ir.3K/h6*1H;;;;. The summed E-state index contributed by atoms with van der Waals surface area (Å²) < 4.78 is 0. The van der Waals surface area contributed by atoms with E-state index in [2.05, 4.69) is 0 Å². The van der Waals surface area contributed by atoms with Gasteiger partial charge in [-0.2, -0.15) is 0 Å². The first-order valence-electron chi connectivity index (χ1n) is 0. The van der Waals surface area contributed by atoms with E-state index in [1.165, 1.54) is 0 Å². The first-order valence-corrected chi connectivity index (χ1v) is 0. The van der Waals surface area contributed by atoms with Crippen LogP contribution in [0.2, 0.25) is 0 Å². The molecule has 0 unspecified atom stereocenters. The van der Waals surface area contributed by atoms with Crippen LogP contribution < -0.4 is 0 Å². The molecule has 0 aliphatic heterocycles. The maximum Gasteiger partial charge on any atom is 0 e. The minimum absolute atomic E-state index is 0. The van der Waals surface area contributed by atoms with Gasteiger partial charge in [0.25, 0.3) is 0 Å². The minimum Gasteiger partial charge on any atom is -0.114 e. The Morgan fingerprint density at radius 2 is 0.300 bits per heavy atom. The van der Waals surface area contributed by atoms with Gasteiger partial charge in [-0.25, -0.2) is 0 Å². The average Bonchev–Trinajstić information content (AvgIpc) is 0. The molecule has 0 aliphatic carbocycles. The van der Waals surface area contributed by atoms with Gasteiger partial charge in [0.1, 0.15) is 0 Å². The third-order valence-corrected chi connectivity index (χ3v) is 0. The van der Waals surface area contributed by atoms with E-state index < -0.39 is 0 Å². The predicted octanol–water partition coefficient (Wildman–Crippen LogP) is 2.32. The van der Waals surface area contributed by atoms with E-state index in [9.17, 15) is 0 Å². The van der Waals surface area contributed by atoms with Crippen LogP contribution in [-0.2, 0) is 20.1 Å². The van der Waals surface area contributed by atoms with Crippen LogP contribution in [0.15, 0.2) is 0 Å². The molecule has 4 radical (unpaired) electrons. The van der Waals surface area contributed by atoms with E-state index in [0.29, 0.717) is 0 Å². The van der Waals surface area contributed by atoms with E-state index in [4.69, 9.17) is 0 Å². The molecule has 0 saturated carbocycles. The molecule has 0 saturated heterocycles. The van der Waals surface area contributed by atoms with E-state index in [1.54, 1.807) is 0 Å². The van der Waals surface area contributed by atoms with Crippen molar-refractivity contribution in [1.82, 2.24) is 0 Å². The van der Waals surface area contributed by atoms with Gasteiger partial charge < -0.3 is 0 Å². The first kappa shape index (κ1) is 78.7. The normalized spacial score (nSPS) is 0. The van der Waals surface area contributed by atoms with Crippen LogP contribution in [0.5, 0.6) is 0 Å². The fourth-order valence-corrected chi connectivity index (χ4v) is 0. The van der Waals surface area contributed by atoms with E-state index in [0.717, 1.165) is 0 Å². The van der Waals surface area contributed by atoms with E-state index in [1.807, 2.05) is 0 Å². The van der Waals surface area contributed by atoms with Crippen molar-refractivity contribution in [1.29, 1.82) is 0 Å². The maximum absolute atomic E-state index is 0. The molecule has 0 spiro atoms. The zero-order valence-corrected chi connectivity index (χ0v) is 27.8. The van der Waals surface area contributed by atoms with Crippen molar-refractivity contribution in [2.24, 2.45) is 0 Å². The van der Waals surface area contributed by atoms with Crippen LogP contribution in [0.4, 0.5) is 0 Å². The molecule has 0 bridgehead atoms. The summed E-state index contributed by atoms with van der Waals surface area (Å²) in [6.45, 7) is 0. The number of hydrogen-bond acceptors (Lipinski definition) is 0. The Labute approximate surface area is 267 Å². The smallest absolute Gasteiger partial charge is 0 e. The molecule has 0 aromatic carbocycles. The molecule has 10 heteroatoms. The minimum atomic E-state index is 0. The number of halogens is 6. The molecular weight excluding hydrogens is 789 g/mol. The maximum atomic E-state index is 0. The van der Waals surface area contributed by atoms with Crippen LogP contribution in [-0.4, -0.2) is 154 Å². The zero-order valence-electron chi connectivity index (χ0n) is 5.78. The summed E-state index contributed by atoms with van der Waals surface area (Å²) in [4.78, 5) is 0. The summed E-state index contributed by atoms with van der Waals surface area (Å²) in [7, 11) is 0. The van der Waals surface area contributed by atoms with Gasteiger partial charge in [-0.3, -0.25) is 0 Å². The van der Waals surface area contributed by atoms with Gasteiger partial charge in [0.2, 0.25) is 0 Å². The number of hydrogen-bond donors (Lipinski definition) is 0. The van der Waals surface area contributed by atoms with Crippen molar-refractivity contribution in [3.05, 3.63) is 0 Å². The van der Waals surface area contributed by atoms with Gasteiger partial charge in [-0.15, -0.1) is 102 Å². The quantitative estimate of drug-likeness (QED) is 0.331. The summed E-state index contributed by atoms with van der Waals surface area (Å²) in [5.41, 5.74) is 0. The Kier molecular flexibility index (Phi) is 521. The molecule has 0 heterocycles. The predicted molar refractivity (Wildman–Crippen MR) is 79.2 cm³/mol. The van der Waals surface area contributed by atoms with Crippen LogP contribution in [0.1, 0.15) is 0 Å². The average molecular weight is 795 g/mol.